The fourth-order valence-corrected chi connectivity index (χ4v) is 3.62. The summed E-state index contributed by atoms with van der Waals surface area (Å²) in [6.45, 7) is 2.21. The number of hydrogen-bond acceptors (Lipinski definition) is 6. The number of carbonyl (C=O) groups is 2. The lowest BCUT2D eigenvalue weighted by Crippen LogP contribution is -2.31. The number of nitrogens with one attached hydrogen (secondary N) is 2. The normalized spacial score (nSPS) is 13.2. The first kappa shape index (κ1) is 18.0. The third kappa shape index (κ3) is 3.08. The molecule has 0 spiro atoms. The van der Waals surface area contributed by atoms with Gasteiger partial charge in [0.05, 0.1) is 28.5 Å². The summed E-state index contributed by atoms with van der Waals surface area (Å²) in [6.07, 6.45) is 2.14. The van der Waals surface area contributed by atoms with E-state index in [0.29, 0.717) is 29.4 Å². The maximum absolute atomic E-state index is 12.5. The number of imidazole rings is 1. The zero-order chi connectivity index (χ0) is 20.7. The van der Waals surface area contributed by atoms with E-state index < -0.39 is 0 Å². The highest BCUT2D eigenvalue weighted by atomic mass is 16.2. The number of H-pyrrole nitrogens is 1. The minimum absolute atomic E-state index is 0.256. The van der Waals surface area contributed by atoms with E-state index in [9.17, 15) is 9.59 Å². The molecule has 0 saturated carbocycles. The molecule has 0 unspecified atom stereocenters. The quantitative estimate of drug-likeness (QED) is 0.500. The van der Waals surface area contributed by atoms with E-state index in [0.717, 1.165) is 22.3 Å². The Hall–Kier alpha value is -4.07. The van der Waals surface area contributed by atoms with Crippen LogP contribution in [0, 0.1) is 6.92 Å². The van der Waals surface area contributed by atoms with Crippen molar-refractivity contribution in [2.24, 2.45) is 0 Å². The number of para-hydroxylation sites is 1. The number of hydrogen-bond donors (Lipinski definition) is 2. The Balaban J connectivity index is 1.28. The lowest BCUT2D eigenvalue weighted by Gasteiger charge is -2.12. The standard InChI is InChI=1S/C22H18N6O2/c1-13-15-6-4-5-9-18(15)26-22(24-13)27-21-23-12-14(25-21)10-11-28-19(29)16-7-2-3-8-17(16)20(28)30/h2-9,12H,10-11H2,1H3,(H2,23,24,25,26,27). The van der Waals surface area contributed by atoms with Gasteiger partial charge in [-0.15, -0.1) is 0 Å². The number of aromatic nitrogens is 4. The molecular formula is C22H18N6O2. The van der Waals surface area contributed by atoms with Crippen LogP contribution in [0.25, 0.3) is 10.9 Å². The summed E-state index contributed by atoms with van der Waals surface area (Å²) in [6, 6.07) is 14.7. The fraction of sp³-hybridized carbons (Fsp3) is 0.136. The number of carbonyl (C=O) groups excluding carboxylic acids is 2. The van der Waals surface area contributed by atoms with Crippen LogP contribution in [0.15, 0.2) is 54.7 Å². The Labute approximate surface area is 172 Å². The molecular weight excluding hydrogens is 380 g/mol. The second-order valence-corrected chi connectivity index (χ2v) is 7.09. The van der Waals surface area contributed by atoms with Crippen LogP contribution in [0.4, 0.5) is 11.9 Å². The second kappa shape index (κ2) is 7.07. The van der Waals surface area contributed by atoms with E-state index in [1.54, 1.807) is 30.5 Å². The van der Waals surface area contributed by atoms with Crippen LogP contribution < -0.4 is 5.32 Å². The van der Waals surface area contributed by atoms with Crippen LogP contribution in [0.5, 0.6) is 0 Å². The number of rotatable bonds is 5. The molecule has 4 aromatic rings. The molecule has 2 N–H and O–H groups in total. The van der Waals surface area contributed by atoms with Crippen LogP contribution in [0.1, 0.15) is 32.1 Å². The average molecular weight is 398 g/mol. The maximum Gasteiger partial charge on any atom is 0.261 e. The van der Waals surface area contributed by atoms with E-state index in [-0.39, 0.29) is 18.4 Å². The molecule has 0 fully saturated rings. The van der Waals surface area contributed by atoms with E-state index in [2.05, 4.69) is 25.3 Å². The van der Waals surface area contributed by atoms with Gasteiger partial charge in [-0.25, -0.2) is 15.0 Å². The third-order valence-electron chi connectivity index (χ3n) is 5.14. The number of benzene rings is 2. The van der Waals surface area contributed by atoms with Gasteiger partial charge >= 0.3 is 0 Å². The van der Waals surface area contributed by atoms with Gasteiger partial charge in [-0.1, -0.05) is 30.3 Å². The van der Waals surface area contributed by atoms with Gasteiger partial charge in [0.1, 0.15) is 0 Å². The van der Waals surface area contributed by atoms with Gasteiger partial charge in [0.2, 0.25) is 11.9 Å². The van der Waals surface area contributed by atoms with Crippen molar-refractivity contribution in [1.29, 1.82) is 0 Å². The topological polar surface area (TPSA) is 104 Å². The highest BCUT2D eigenvalue weighted by molar-refractivity contribution is 6.21. The Bertz CT molecular complexity index is 1260. The Morgan fingerprint density at radius 1 is 0.967 bits per heavy atom. The Kier molecular flexibility index (Phi) is 4.24. The number of imide groups is 1. The van der Waals surface area contributed by atoms with Crippen molar-refractivity contribution in [1.82, 2.24) is 24.8 Å². The molecule has 0 aliphatic carbocycles. The summed E-state index contributed by atoms with van der Waals surface area (Å²) < 4.78 is 0. The summed E-state index contributed by atoms with van der Waals surface area (Å²) in [5.74, 6) is 0.441. The average Bonchev–Trinajstić information content (AvgIpc) is 3.29. The predicted molar refractivity (Wildman–Crippen MR) is 112 cm³/mol. The molecule has 2 aromatic heterocycles. The van der Waals surface area contributed by atoms with Crippen LogP contribution in [-0.4, -0.2) is 43.2 Å². The van der Waals surface area contributed by atoms with Crippen LogP contribution in [-0.2, 0) is 6.42 Å². The summed E-state index contributed by atoms with van der Waals surface area (Å²) >= 11 is 0. The number of nitrogens with zero attached hydrogens (tertiary/aromatic N) is 4. The van der Waals surface area contributed by atoms with Crippen LogP contribution >= 0.6 is 0 Å². The van der Waals surface area contributed by atoms with E-state index >= 15 is 0 Å². The van der Waals surface area contributed by atoms with Gasteiger partial charge in [0.25, 0.3) is 11.8 Å². The number of anilines is 2. The van der Waals surface area contributed by atoms with Crippen molar-refractivity contribution in [3.63, 3.8) is 0 Å². The van der Waals surface area contributed by atoms with Crippen LogP contribution in [0.3, 0.4) is 0 Å². The van der Waals surface area contributed by atoms with Gasteiger partial charge in [0, 0.05) is 24.0 Å². The lowest BCUT2D eigenvalue weighted by atomic mass is 10.1. The number of fused-ring (bicyclic) bond motifs is 2. The highest BCUT2D eigenvalue weighted by Gasteiger charge is 2.34. The second-order valence-electron chi connectivity index (χ2n) is 7.09. The van der Waals surface area contributed by atoms with Crippen molar-refractivity contribution in [2.75, 3.05) is 11.9 Å². The van der Waals surface area contributed by atoms with Crippen LogP contribution in [0.2, 0.25) is 0 Å². The van der Waals surface area contributed by atoms with Crippen molar-refractivity contribution in [3.05, 3.63) is 77.2 Å². The van der Waals surface area contributed by atoms with Crippen molar-refractivity contribution in [2.45, 2.75) is 13.3 Å². The first-order valence-electron chi connectivity index (χ1n) is 9.59. The minimum atomic E-state index is -0.256. The van der Waals surface area contributed by atoms with Gasteiger partial charge in [0.15, 0.2) is 0 Å². The maximum atomic E-state index is 12.5. The molecule has 8 heteroatoms. The fourth-order valence-electron chi connectivity index (χ4n) is 3.62. The van der Waals surface area contributed by atoms with E-state index in [1.807, 2.05) is 31.2 Å². The smallest absolute Gasteiger partial charge is 0.261 e. The van der Waals surface area contributed by atoms with Gasteiger partial charge < -0.3 is 4.98 Å². The Morgan fingerprint density at radius 2 is 1.67 bits per heavy atom. The molecule has 0 saturated heterocycles. The molecule has 0 radical (unpaired) electrons. The summed E-state index contributed by atoms with van der Waals surface area (Å²) in [5.41, 5.74) is 3.44. The highest BCUT2D eigenvalue weighted by Crippen LogP contribution is 2.23. The zero-order valence-electron chi connectivity index (χ0n) is 16.2. The molecule has 30 heavy (non-hydrogen) atoms. The Morgan fingerprint density at radius 3 is 2.43 bits per heavy atom. The molecule has 8 nitrogen and oxygen atoms in total. The SMILES string of the molecule is Cc1nc(Nc2ncc(CCN3C(=O)c4ccccc4C3=O)[nH]2)nc2ccccc12. The number of aromatic amines is 1. The molecule has 0 atom stereocenters. The zero-order valence-corrected chi connectivity index (χ0v) is 16.2. The van der Waals surface area contributed by atoms with Crippen molar-refractivity contribution < 1.29 is 9.59 Å². The molecule has 1 aliphatic rings. The molecule has 3 heterocycles. The molecule has 5 rings (SSSR count). The molecule has 2 aromatic carbocycles. The molecule has 148 valence electrons. The third-order valence-corrected chi connectivity index (χ3v) is 5.14. The van der Waals surface area contributed by atoms with Crippen molar-refractivity contribution >= 4 is 34.6 Å². The van der Waals surface area contributed by atoms with E-state index in [4.69, 9.17) is 0 Å². The summed E-state index contributed by atoms with van der Waals surface area (Å²) in [4.78, 5) is 42.7. The number of aryl methyl sites for hydroxylation is 1. The van der Waals surface area contributed by atoms with Crippen molar-refractivity contribution in [3.8, 4) is 0 Å². The van der Waals surface area contributed by atoms with Gasteiger partial charge in [-0.2, -0.15) is 0 Å². The predicted octanol–water partition coefficient (Wildman–Crippen LogP) is 3.24. The van der Waals surface area contributed by atoms with Gasteiger partial charge in [-0.05, 0) is 25.1 Å². The molecule has 0 bridgehead atoms. The first-order valence-corrected chi connectivity index (χ1v) is 9.59. The van der Waals surface area contributed by atoms with E-state index in [1.165, 1.54) is 4.90 Å². The first-order chi connectivity index (χ1) is 14.6. The minimum Gasteiger partial charge on any atom is -0.328 e. The summed E-state index contributed by atoms with van der Waals surface area (Å²) in [5, 5.41) is 4.08. The monoisotopic (exact) mass is 398 g/mol. The lowest BCUT2D eigenvalue weighted by molar-refractivity contribution is 0.0656. The largest absolute Gasteiger partial charge is 0.328 e. The summed E-state index contributed by atoms with van der Waals surface area (Å²) in [7, 11) is 0. The van der Waals surface area contributed by atoms with Gasteiger partial charge in [-0.3, -0.25) is 19.8 Å². The molecule has 2 amide bonds. The molecule has 1 aliphatic heterocycles. The number of amides is 2.